The molecule has 5 aliphatic heterocycles. The van der Waals surface area contributed by atoms with E-state index in [9.17, 15) is 105 Å². The number of aldehydes is 1. The number of nitrogens with zero attached hydrogens (tertiary/aromatic N) is 1. The van der Waals surface area contributed by atoms with Crippen LogP contribution in [0.4, 0.5) is 0 Å². The van der Waals surface area contributed by atoms with Gasteiger partial charge in [-0.3, -0.25) is 19.2 Å². The van der Waals surface area contributed by atoms with Crippen LogP contribution in [0.5, 0.6) is 0 Å². The van der Waals surface area contributed by atoms with E-state index >= 15 is 0 Å². The van der Waals surface area contributed by atoms with Gasteiger partial charge in [0.2, 0.25) is 23.6 Å². The monoisotopic (exact) mass is 1220 g/mol. The molecule has 0 aliphatic carbocycles. The molecular formula is C49H82N6O29. The number of nitrogens with one attached hydrogen (secondary N) is 3. The second-order valence-corrected chi connectivity index (χ2v) is 21.9. The maximum atomic E-state index is 14.0. The predicted octanol–water partition coefficient (Wildman–Crippen LogP) is -10.8. The van der Waals surface area contributed by atoms with E-state index in [-0.39, 0.29) is 6.54 Å². The van der Waals surface area contributed by atoms with E-state index in [2.05, 4.69) is 16.0 Å². The SMILES string of the molecule is CC(C)C(=O)N[C@@H](CO[C@H]1OC(CO[C@]2(C(=O)O)C[C@@H](O)[C@@H](N)C([C@H](O)[C@H](O)CO)O2)[C@H](O)[C@H](O[C@@H]2OC(CO)[C@H](O)C(O[C@]3(C(=O)O)C[C@@H](O)[C@@H](N)C([C@H](O)[C@H](O)CO)O3)[C@@H]2O)C1C)C(=O)N[C@@H](C)C(=O)N[C@@H](C)C(=O)N1CCC[C@H]1C=O. The Morgan fingerprint density at radius 2 is 1.23 bits per heavy atom. The number of carbonyl (C=O) groups is 7. The van der Waals surface area contributed by atoms with Crippen LogP contribution in [0.15, 0.2) is 0 Å². The second kappa shape index (κ2) is 30.0. The summed E-state index contributed by atoms with van der Waals surface area (Å²) in [4.78, 5) is 92.5. The first-order valence-electron chi connectivity index (χ1n) is 27.2. The van der Waals surface area contributed by atoms with Crippen molar-refractivity contribution in [2.45, 2.75) is 212 Å². The van der Waals surface area contributed by atoms with E-state index in [4.69, 9.17) is 49.4 Å². The Bertz CT molecular complexity index is 2250. The minimum Gasteiger partial charge on any atom is -0.477 e. The highest BCUT2D eigenvalue weighted by atomic mass is 16.8. The van der Waals surface area contributed by atoms with E-state index in [0.717, 1.165) is 0 Å². The molecule has 84 heavy (non-hydrogen) atoms. The molecule has 0 saturated carbocycles. The smallest absolute Gasteiger partial charge is 0.364 e. The van der Waals surface area contributed by atoms with Crippen LogP contribution in [-0.2, 0) is 71.5 Å². The molecular weight excluding hydrogens is 1140 g/mol. The molecule has 5 fully saturated rings. The van der Waals surface area contributed by atoms with Gasteiger partial charge in [-0.1, -0.05) is 20.8 Å². The van der Waals surface area contributed by atoms with E-state index in [1.807, 2.05) is 0 Å². The summed E-state index contributed by atoms with van der Waals surface area (Å²) in [5, 5.41) is 157. The van der Waals surface area contributed by atoms with Gasteiger partial charge >= 0.3 is 11.9 Å². The van der Waals surface area contributed by atoms with Gasteiger partial charge in [0, 0.05) is 31.2 Å². The average Bonchev–Trinajstić information content (AvgIpc) is 1.44. The van der Waals surface area contributed by atoms with Crippen LogP contribution in [0.25, 0.3) is 0 Å². The van der Waals surface area contributed by atoms with Crippen LogP contribution < -0.4 is 27.4 Å². The van der Waals surface area contributed by atoms with Gasteiger partial charge in [-0.2, -0.15) is 0 Å². The molecule has 26 atom stereocenters. The van der Waals surface area contributed by atoms with Crippen LogP contribution in [0, 0.1) is 11.8 Å². The van der Waals surface area contributed by atoms with Crippen molar-refractivity contribution in [1.82, 2.24) is 20.9 Å². The summed E-state index contributed by atoms with van der Waals surface area (Å²) in [6, 6.07) is -8.14. The normalized spacial score (nSPS) is 38.1. The number of likely N-dealkylation sites (tertiary alicyclic amines) is 1. The van der Waals surface area contributed by atoms with Gasteiger partial charge in [0.1, 0.15) is 97.7 Å². The molecule has 5 rings (SSSR count). The summed E-state index contributed by atoms with van der Waals surface area (Å²) in [5.41, 5.74) is 12.0. The first-order valence-corrected chi connectivity index (χ1v) is 27.2. The lowest BCUT2D eigenvalue weighted by Crippen LogP contribution is -2.70. The fraction of sp³-hybridized carbons (Fsp3) is 0.857. The molecule has 0 radical (unpaired) electrons. The molecule has 5 saturated heterocycles. The van der Waals surface area contributed by atoms with Gasteiger partial charge in [-0.05, 0) is 26.7 Å². The van der Waals surface area contributed by atoms with Crippen molar-refractivity contribution in [3.8, 4) is 0 Å². The first kappa shape index (κ1) is 70.4. The number of hydrogen-bond acceptors (Lipinski definition) is 29. The molecule has 5 heterocycles. The fourth-order valence-corrected chi connectivity index (χ4v) is 10.2. The largest absolute Gasteiger partial charge is 0.477 e. The summed E-state index contributed by atoms with van der Waals surface area (Å²) in [6.45, 7) is 1.90. The number of amides is 4. The van der Waals surface area contributed by atoms with Crippen molar-refractivity contribution in [2.75, 3.05) is 39.6 Å². The number of nitrogens with two attached hydrogens (primary N) is 2. The van der Waals surface area contributed by atoms with Crippen LogP contribution in [0.1, 0.15) is 60.3 Å². The molecule has 4 amide bonds. The number of hydrogen-bond donors (Lipinski definition) is 19. The molecule has 5 aliphatic rings. The summed E-state index contributed by atoms with van der Waals surface area (Å²) >= 11 is 0. The van der Waals surface area contributed by atoms with Crippen LogP contribution >= 0.6 is 0 Å². The number of carbonyl (C=O) groups excluding carboxylic acids is 5. The Balaban J connectivity index is 1.47. The number of ether oxygens (including phenoxy) is 8. The minimum absolute atomic E-state index is 0.275. The second-order valence-electron chi connectivity index (χ2n) is 21.9. The van der Waals surface area contributed by atoms with Gasteiger partial charge in [0.05, 0.1) is 69.5 Å². The maximum Gasteiger partial charge on any atom is 0.364 e. The van der Waals surface area contributed by atoms with Gasteiger partial charge in [0.15, 0.2) is 12.6 Å². The Labute approximate surface area is 479 Å². The van der Waals surface area contributed by atoms with E-state index < -0.39 is 245 Å². The van der Waals surface area contributed by atoms with Crippen molar-refractivity contribution < 1.29 is 143 Å². The minimum atomic E-state index is -3.15. The molecule has 35 heteroatoms. The molecule has 482 valence electrons. The highest BCUT2D eigenvalue weighted by molar-refractivity contribution is 5.94. The zero-order chi connectivity index (χ0) is 63.0. The third-order valence-electron chi connectivity index (χ3n) is 15.4. The number of aliphatic hydroxyl groups is 12. The van der Waals surface area contributed by atoms with Gasteiger partial charge in [-0.25, -0.2) is 9.59 Å². The van der Waals surface area contributed by atoms with Crippen molar-refractivity contribution in [3.05, 3.63) is 0 Å². The Morgan fingerprint density at radius 3 is 1.75 bits per heavy atom. The van der Waals surface area contributed by atoms with Gasteiger partial charge < -0.3 is 146 Å². The molecule has 0 aromatic heterocycles. The lowest BCUT2D eigenvalue weighted by molar-refractivity contribution is -0.385. The third-order valence-corrected chi connectivity index (χ3v) is 15.4. The van der Waals surface area contributed by atoms with Crippen molar-refractivity contribution in [3.63, 3.8) is 0 Å². The average molecular weight is 1220 g/mol. The lowest BCUT2D eigenvalue weighted by atomic mass is 9.88. The number of carboxylic acids is 2. The molecule has 6 unspecified atom stereocenters. The van der Waals surface area contributed by atoms with Crippen LogP contribution in [-0.4, -0.2) is 310 Å². The summed E-state index contributed by atoms with van der Waals surface area (Å²) < 4.78 is 46.7. The van der Waals surface area contributed by atoms with E-state index in [1.54, 1.807) is 0 Å². The topological polar surface area (TPSA) is 568 Å². The highest BCUT2D eigenvalue weighted by Gasteiger charge is 2.60. The third kappa shape index (κ3) is 15.8. The van der Waals surface area contributed by atoms with Crippen molar-refractivity contribution in [2.24, 2.45) is 23.3 Å². The van der Waals surface area contributed by atoms with E-state index in [0.29, 0.717) is 19.1 Å². The molecule has 0 aromatic carbocycles. The van der Waals surface area contributed by atoms with Crippen molar-refractivity contribution >= 4 is 41.9 Å². The molecule has 35 nitrogen and oxygen atoms in total. The number of aliphatic carboxylic acids is 2. The van der Waals surface area contributed by atoms with Crippen molar-refractivity contribution in [1.29, 1.82) is 0 Å². The first-order chi connectivity index (χ1) is 39.3. The summed E-state index contributed by atoms with van der Waals surface area (Å²) in [5.74, 6) is -15.5. The number of aliphatic hydroxyl groups excluding tert-OH is 12. The van der Waals surface area contributed by atoms with E-state index in [1.165, 1.54) is 39.5 Å². The highest BCUT2D eigenvalue weighted by Crippen LogP contribution is 2.40. The number of rotatable bonds is 27. The number of carboxylic acid groups (broad SMARTS) is 2. The summed E-state index contributed by atoms with van der Waals surface area (Å²) in [7, 11) is 0. The molecule has 0 aromatic rings. The zero-order valence-corrected chi connectivity index (χ0v) is 46.6. The molecule has 0 spiro atoms. The predicted molar refractivity (Wildman–Crippen MR) is 272 cm³/mol. The zero-order valence-electron chi connectivity index (χ0n) is 46.6. The summed E-state index contributed by atoms with van der Waals surface area (Å²) in [6.07, 6.45) is -35.1. The molecule has 21 N–H and O–H groups in total. The maximum absolute atomic E-state index is 14.0. The Hall–Kier alpha value is -4.39. The Morgan fingerprint density at radius 1 is 0.702 bits per heavy atom. The van der Waals surface area contributed by atoms with Crippen LogP contribution in [0.2, 0.25) is 0 Å². The standard InChI is InChI=1S/C49H82N6O29/c1-17(2)40(69)54-22(42(71)52-19(4)41(70)53-20(5)43(72)55-8-6-7-21(55)11-56)15-77-44-18(3)36(34(67)28(80-44)16-78-48(46(73)74)9-23(60)29(50)37(82-48)31(64)25(62)12-57)81-45-35(68)39(33(66)27(14-59)79-45)84-49(47(75)76)10-24(61)30(51)38(83-49)32(65)26(63)13-58/h11,17-39,44-45,57-68H,6-10,12-16,50-51H2,1-5H3,(H,52,71)(H,53,70)(H,54,69)(H,73,74)(H,75,76)/t18?,19-,20-,21-,22-,23+,24+,25+,26+,27?,28?,29+,30+,31+,32+,33-,34-,35-,36+,37?,38?,39?,44-,45-,48+,49-/m0/s1. The molecule has 0 bridgehead atoms. The van der Waals surface area contributed by atoms with Gasteiger partial charge in [0.25, 0.3) is 11.6 Å². The fourth-order valence-electron chi connectivity index (χ4n) is 10.2. The Kier molecular flexibility index (Phi) is 25.1. The lowest BCUT2D eigenvalue weighted by Gasteiger charge is -2.50. The quantitative estimate of drug-likeness (QED) is 0.0340. The van der Waals surface area contributed by atoms with Gasteiger partial charge in [-0.15, -0.1) is 0 Å². The van der Waals surface area contributed by atoms with Crippen LogP contribution in [0.3, 0.4) is 0 Å².